The molecule has 1 rings (SSSR count). The van der Waals surface area contributed by atoms with E-state index in [1.54, 1.807) is 6.92 Å². The number of aryl methyl sites for hydroxylation is 1. The van der Waals surface area contributed by atoms with Gasteiger partial charge in [0, 0.05) is 0 Å². The maximum atomic E-state index is 12.4. The predicted octanol–water partition coefficient (Wildman–Crippen LogP) is 3.08. The van der Waals surface area contributed by atoms with Crippen molar-refractivity contribution < 1.29 is 19.1 Å². The molecule has 1 unspecified atom stereocenters. The molecule has 0 saturated carbocycles. The zero-order valence-electron chi connectivity index (χ0n) is 13.6. The number of esters is 1. The van der Waals surface area contributed by atoms with Crippen molar-refractivity contribution in [2.24, 2.45) is 0 Å². The molecule has 0 heterocycles. The standard InChI is InChI=1S/C17H25NO4/c1-4-12-17(15(19)22-5-2,18-16(20)21-3)13-11-14-9-7-6-8-10-14/h6-10H,4-5,11-13H2,1-3H3,(H,18,20). The summed E-state index contributed by atoms with van der Waals surface area (Å²) in [5, 5.41) is 2.70. The minimum Gasteiger partial charge on any atom is -0.464 e. The third-order valence-electron chi connectivity index (χ3n) is 3.55. The predicted molar refractivity (Wildman–Crippen MR) is 84.6 cm³/mol. The highest BCUT2D eigenvalue weighted by Gasteiger charge is 2.40. The molecule has 1 N–H and O–H groups in total. The first-order valence-electron chi connectivity index (χ1n) is 7.65. The Hall–Kier alpha value is -2.04. The Labute approximate surface area is 132 Å². The number of hydrogen-bond acceptors (Lipinski definition) is 4. The summed E-state index contributed by atoms with van der Waals surface area (Å²) in [6.45, 7) is 4.00. The lowest BCUT2D eigenvalue weighted by atomic mass is 9.87. The average molecular weight is 307 g/mol. The summed E-state index contributed by atoms with van der Waals surface area (Å²) in [6, 6.07) is 9.85. The van der Waals surface area contributed by atoms with Crippen LogP contribution in [0, 0.1) is 0 Å². The zero-order valence-corrected chi connectivity index (χ0v) is 13.6. The molecule has 0 bridgehead atoms. The highest BCUT2D eigenvalue weighted by Crippen LogP contribution is 2.23. The van der Waals surface area contributed by atoms with Gasteiger partial charge in [0.2, 0.25) is 0 Å². The minimum atomic E-state index is -1.05. The van der Waals surface area contributed by atoms with Crippen molar-refractivity contribution in [1.82, 2.24) is 5.32 Å². The van der Waals surface area contributed by atoms with E-state index in [2.05, 4.69) is 10.1 Å². The Kier molecular flexibility index (Phi) is 7.43. The maximum absolute atomic E-state index is 12.4. The Morgan fingerprint density at radius 2 is 1.82 bits per heavy atom. The summed E-state index contributed by atoms with van der Waals surface area (Å²) >= 11 is 0. The molecular formula is C17H25NO4. The second-order valence-corrected chi connectivity index (χ2v) is 5.15. The van der Waals surface area contributed by atoms with Crippen molar-refractivity contribution >= 4 is 12.1 Å². The van der Waals surface area contributed by atoms with E-state index >= 15 is 0 Å². The molecule has 0 aliphatic carbocycles. The fourth-order valence-corrected chi connectivity index (χ4v) is 2.45. The van der Waals surface area contributed by atoms with Crippen LogP contribution < -0.4 is 5.32 Å². The lowest BCUT2D eigenvalue weighted by Gasteiger charge is -2.31. The van der Waals surface area contributed by atoms with E-state index in [4.69, 9.17) is 4.74 Å². The fraction of sp³-hybridized carbons (Fsp3) is 0.529. The van der Waals surface area contributed by atoms with E-state index in [1.807, 2.05) is 37.3 Å². The Bertz CT molecular complexity index is 475. The molecule has 1 aromatic carbocycles. The number of ether oxygens (including phenoxy) is 2. The number of carbonyl (C=O) groups is 2. The molecule has 22 heavy (non-hydrogen) atoms. The molecule has 1 amide bonds. The van der Waals surface area contributed by atoms with Gasteiger partial charge in [-0.2, -0.15) is 0 Å². The van der Waals surface area contributed by atoms with Crippen LogP contribution in [0.5, 0.6) is 0 Å². The van der Waals surface area contributed by atoms with E-state index in [-0.39, 0.29) is 6.61 Å². The average Bonchev–Trinajstić information content (AvgIpc) is 2.54. The highest BCUT2D eigenvalue weighted by atomic mass is 16.5. The molecule has 5 nitrogen and oxygen atoms in total. The number of hydrogen-bond donors (Lipinski definition) is 1. The summed E-state index contributed by atoms with van der Waals surface area (Å²) in [5.74, 6) is -0.404. The van der Waals surface area contributed by atoms with Crippen molar-refractivity contribution in [1.29, 1.82) is 0 Å². The summed E-state index contributed by atoms with van der Waals surface area (Å²) in [5.41, 5.74) is 0.0622. The first kappa shape index (κ1) is 18.0. The van der Waals surface area contributed by atoms with E-state index in [0.29, 0.717) is 19.3 Å². The van der Waals surface area contributed by atoms with Crippen LogP contribution in [0.3, 0.4) is 0 Å². The van der Waals surface area contributed by atoms with Gasteiger partial charge in [0.25, 0.3) is 0 Å². The molecule has 122 valence electrons. The molecule has 0 saturated heterocycles. The van der Waals surface area contributed by atoms with Crippen LogP contribution >= 0.6 is 0 Å². The number of methoxy groups -OCH3 is 1. The molecule has 0 spiro atoms. The van der Waals surface area contributed by atoms with Gasteiger partial charge in [0.05, 0.1) is 13.7 Å². The highest BCUT2D eigenvalue weighted by molar-refractivity contribution is 5.85. The van der Waals surface area contributed by atoms with Crippen molar-refractivity contribution in [3.05, 3.63) is 35.9 Å². The normalized spacial score (nSPS) is 13.0. The number of nitrogens with one attached hydrogen (secondary N) is 1. The Balaban J connectivity index is 2.94. The van der Waals surface area contributed by atoms with Gasteiger partial charge < -0.3 is 14.8 Å². The van der Waals surface area contributed by atoms with Crippen LogP contribution in [0.1, 0.15) is 38.7 Å². The first-order chi connectivity index (χ1) is 10.6. The van der Waals surface area contributed by atoms with E-state index in [9.17, 15) is 9.59 Å². The zero-order chi connectivity index (χ0) is 16.4. The van der Waals surface area contributed by atoms with Crippen molar-refractivity contribution in [3.8, 4) is 0 Å². The van der Waals surface area contributed by atoms with Crippen LogP contribution in [0.4, 0.5) is 4.79 Å². The summed E-state index contributed by atoms with van der Waals surface area (Å²) in [4.78, 5) is 24.1. The van der Waals surface area contributed by atoms with Crippen molar-refractivity contribution in [2.75, 3.05) is 13.7 Å². The Morgan fingerprint density at radius 1 is 1.14 bits per heavy atom. The van der Waals surface area contributed by atoms with Gasteiger partial charge in [-0.05, 0) is 31.7 Å². The number of rotatable bonds is 8. The fourth-order valence-electron chi connectivity index (χ4n) is 2.45. The van der Waals surface area contributed by atoms with Crippen LogP contribution in [0.2, 0.25) is 0 Å². The van der Waals surface area contributed by atoms with Crippen LogP contribution in [0.15, 0.2) is 30.3 Å². The van der Waals surface area contributed by atoms with Crippen molar-refractivity contribution in [3.63, 3.8) is 0 Å². The van der Waals surface area contributed by atoms with Gasteiger partial charge in [-0.1, -0.05) is 43.7 Å². The molecular weight excluding hydrogens is 282 g/mol. The smallest absolute Gasteiger partial charge is 0.407 e. The topological polar surface area (TPSA) is 64.6 Å². The lowest BCUT2D eigenvalue weighted by molar-refractivity contribution is -0.151. The number of alkyl carbamates (subject to hydrolysis) is 1. The van der Waals surface area contributed by atoms with Gasteiger partial charge >= 0.3 is 12.1 Å². The molecule has 0 aromatic heterocycles. The third kappa shape index (κ3) is 5.06. The van der Waals surface area contributed by atoms with E-state index in [0.717, 1.165) is 12.0 Å². The van der Waals surface area contributed by atoms with E-state index in [1.165, 1.54) is 7.11 Å². The van der Waals surface area contributed by atoms with Gasteiger partial charge in [-0.25, -0.2) is 9.59 Å². The SMILES string of the molecule is CCCC(CCc1ccccc1)(NC(=O)OC)C(=O)OCC. The third-order valence-corrected chi connectivity index (χ3v) is 3.55. The minimum absolute atomic E-state index is 0.276. The maximum Gasteiger partial charge on any atom is 0.407 e. The van der Waals surface area contributed by atoms with Gasteiger partial charge in [-0.15, -0.1) is 0 Å². The molecule has 5 heteroatoms. The van der Waals surface area contributed by atoms with Crippen molar-refractivity contribution in [2.45, 2.75) is 45.1 Å². The monoisotopic (exact) mass is 307 g/mol. The summed E-state index contributed by atoms with van der Waals surface area (Å²) in [7, 11) is 1.29. The molecule has 0 fully saturated rings. The molecule has 0 aliphatic heterocycles. The van der Waals surface area contributed by atoms with Crippen LogP contribution in [-0.2, 0) is 20.7 Å². The van der Waals surface area contributed by atoms with E-state index < -0.39 is 17.6 Å². The quantitative estimate of drug-likeness (QED) is 0.750. The van der Waals surface area contributed by atoms with Gasteiger partial charge in [-0.3, -0.25) is 0 Å². The molecule has 0 radical (unpaired) electrons. The van der Waals surface area contributed by atoms with Gasteiger partial charge in [0.15, 0.2) is 0 Å². The number of amides is 1. The first-order valence-corrected chi connectivity index (χ1v) is 7.65. The molecule has 1 aromatic rings. The summed E-state index contributed by atoms with van der Waals surface area (Å²) in [6.07, 6.45) is 1.78. The summed E-state index contributed by atoms with van der Waals surface area (Å²) < 4.78 is 9.86. The van der Waals surface area contributed by atoms with Crippen LogP contribution in [-0.4, -0.2) is 31.3 Å². The largest absolute Gasteiger partial charge is 0.464 e. The lowest BCUT2D eigenvalue weighted by Crippen LogP contribution is -2.55. The second kappa shape index (κ2) is 9.07. The molecule has 0 aliphatic rings. The van der Waals surface area contributed by atoms with Gasteiger partial charge in [0.1, 0.15) is 5.54 Å². The number of carbonyl (C=O) groups excluding carboxylic acids is 2. The molecule has 1 atom stereocenters. The number of benzene rings is 1. The van der Waals surface area contributed by atoms with Crippen LogP contribution in [0.25, 0.3) is 0 Å². The second-order valence-electron chi connectivity index (χ2n) is 5.15. The Morgan fingerprint density at radius 3 is 2.36 bits per heavy atom.